The van der Waals surface area contributed by atoms with Crippen LogP contribution in [-0.4, -0.2) is 31.1 Å². The summed E-state index contributed by atoms with van der Waals surface area (Å²) in [6.07, 6.45) is 3.42. The highest BCUT2D eigenvalue weighted by Crippen LogP contribution is 2.30. The molecule has 0 N–H and O–H groups in total. The molecular weight excluding hydrogens is 314 g/mol. The smallest absolute Gasteiger partial charge is 0.212 e. The lowest BCUT2D eigenvalue weighted by Gasteiger charge is -2.21. The monoisotopic (exact) mass is 335 g/mol. The van der Waals surface area contributed by atoms with E-state index in [0.29, 0.717) is 13.0 Å². The van der Waals surface area contributed by atoms with Gasteiger partial charge in [0.1, 0.15) is 0 Å². The normalized spacial score (nSPS) is 15.3. The van der Waals surface area contributed by atoms with E-state index in [4.69, 9.17) is 0 Å². The molecule has 0 bridgehead atoms. The average Bonchev–Trinajstić information content (AvgIpc) is 3.21. The van der Waals surface area contributed by atoms with Gasteiger partial charge in [-0.15, -0.1) is 11.3 Å². The van der Waals surface area contributed by atoms with Crippen molar-refractivity contribution in [2.75, 3.05) is 12.3 Å². The summed E-state index contributed by atoms with van der Waals surface area (Å²) in [6.45, 7) is 0.613. The van der Waals surface area contributed by atoms with Crippen molar-refractivity contribution < 1.29 is 8.42 Å². The van der Waals surface area contributed by atoms with Gasteiger partial charge in [-0.25, -0.2) is 8.42 Å². The topological polar surface area (TPSA) is 37.4 Å². The molecule has 1 aromatic carbocycles. The summed E-state index contributed by atoms with van der Waals surface area (Å²) in [5.74, 6) is 0.206. The zero-order chi connectivity index (χ0) is 15.4. The van der Waals surface area contributed by atoms with Gasteiger partial charge in [-0.2, -0.15) is 4.31 Å². The van der Waals surface area contributed by atoms with Crippen LogP contribution in [0.25, 0.3) is 0 Å². The summed E-state index contributed by atoms with van der Waals surface area (Å²) in [5.41, 5.74) is 1.08. The fourth-order valence-corrected chi connectivity index (χ4v) is 5.06. The zero-order valence-corrected chi connectivity index (χ0v) is 14.2. The van der Waals surface area contributed by atoms with Crippen LogP contribution < -0.4 is 0 Å². The second kappa shape index (κ2) is 6.94. The predicted octanol–water partition coefficient (Wildman–Crippen LogP) is 3.33. The van der Waals surface area contributed by atoms with Gasteiger partial charge in [0.05, 0.1) is 5.75 Å². The Hall–Kier alpha value is -1.17. The van der Waals surface area contributed by atoms with Crippen LogP contribution in [0.5, 0.6) is 0 Å². The van der Waals surface area contributed by atoms with E-state index in [1.54, 1.807) is 15.6 Å². The Morgan fingerprint density at radius 2 is 1.82 bits per heavy atom. The number of sulfonamides is 1. The second-order valence-corrected chi connectivity index (χ2v) is 8.80. The van der Waals surface area contributed by atoms with Crippen LogP contribution in [0.4, 0.5) is 0 Å². The summed E-state index contributed by atoms with van der Waals surface area (Å²) in [5, 5.41) is 2.04. The summed E-state index contributed by atoms with van der Waals surface area (Å²) in [6, 6.07) is 14.2. The largest absolute Gasteiger partial charge is 0.214 e. The van der Waals surface area contributed by atoms with Crippen LogP contribution in [0.15, 0.2) is 47.8 Å². The molecule has 0 atom stereocenters. The van der Waals surface area contributed by atoms with E-state index in [9.17, 15) is 8.42 Å². The van der Waals surface area contributed by atoms with E-state index in [1.807, 2.05) is 41.8 Å². The molecule has 0 saturated heterocycles. The van der Waals surface area contributed by atoms with Gasteiger partial charge in [-0.1, -0.05) is 36.4 Å². The van der Waals surface area contributed by atoms with Crippen LogP contribution in [0.3, 0.4) is 0 Å². The fourth-order valence-electron chi connectivity index (χ4n) is 2.60. The van der Waals surface area contributed by atoms with Crippen molar-refractivity contribution in [3.63, 3.8) is 0 Å². The van der Waals surface area contributed by atoms with Gasteiger partial charge in [-0.3, -0.25) is 0 Å². The van der Waals surface area contributed by atoms with E-state index >= 15 is 0 Å². The number of hydrogen-bond acceptors (Lipinski definition) is 3. The molecule has 1 saturated carbocycles. The lowest BCUT2D eigenvalue weighted by atomic mass is 10.2. The molecule has 118 valence electrons. The average molecular weight is 335 g/mol. The third kappa shape index (κ3) is 4.18. The van der Waals surface area contributed by atoms with E-state index in [2.05, 4.69) is 6.07 Å². The van der Waals surface area contributed by atoms with E-state index in [-0.39, 0.29) is 11.8 Å². The quantitative estimate of drug-likeness (QED) is 0.742. The van der Waals surface area contributed by atoms with Crippen molar-refractivity contribution in [2.45, 2.75) is 31.7 Å². The Morgan fingerprint density at radius 3 is 2.45 bits per heavy atom. The first-order chi connectivity index (χ1) is 10.6. The molecule has 0 amide bonds. The van der Waals surface area contributed by atoms with Crippen molar-refractivity contribution in [2.24, 2.45) is 0 Å². The highest BCUT2D eigenvalue weighted by Gasteiger charge is 2.36. The van der Waals surface area contributed by atoms with Gasteiger partial charge in [0.2, 0.25) is 10.0 Å². The Balaban J connectivity index is 1.62. The highest BCUT2D eigenvalue weighted by molar-refractivity contribution is 7.89. The first-order valence-electron chi connectivity index (χ1n) is 7.71. The number of aryl methyl sites for hydroxylation is 1. The van der Waals surface area contributed by atoms with Crippen molar-refractivity contribution in [3.05, 3.63) is 58.3 Å². The summed E-state index contributed by atoms with van der Waals surface area (Å²) >= 11 is 1.70. The Labute approximate surface area is 136 Å². The van der Waals surface area contributed by atoms with Crippen molar-refractivity contribution in [3.8, 4) is 0 Å². The second-order valence-electron chi connectivity index (χ2n) is 5.72. The fraction of sp³-hybridized carbons (Fsp3) is 0.412. The van der Waals surface area contributed by atoms with Gasteiger partial charge in [0, 0.05) is 17.5 Å². The minimum atomic E-state index is -3.17. The third-order valence-electron chi connectivity index (χ3n) is 3.96. The Bertz CT molecular complexity index is 677. The van der Waals surface area contributed by atoms with E-state index < -0.39 is 10.0 Å². The zero-order valence-electron chi connectivity index (χ0n) is 12.5. The van der Waals surface area contributed by atoms with Crippen LogP contribution in [0.2, 0.25) is 0 Å². The SMILES string of the molecule is O=S(=O)(CCc1ccccc1)N(CCc1cccs1)C1CC1. The molecule has 3 rings (SSSR count). The molecule has 5 heteroatoms. The van der Waals surface area contributed by atoms with Crippen molar-refractivity contribution >= 4 is 21.4 Å². The first-order valence-corrected chi connectivity index (χ1v) is 10.2. The lowest BCUT2D eigenvalue weighted by Crippen LogP contribution is -2.37. The van der Waals surface area contributed by atoms with Crippen LogP contribution in [-0.2, 0) is 22.9 Å². The maximum Gasteiger partial charge on any atom is 0.214 e. The predicted molar refractivity (Wildman–Crippen MR) is 91.7 cm³/mol. The number of nitrogens with zero attached hydrogens (tertiary/aromatic N) is 1. The van der Waals surface area contributed by atoms with E-state index in [1.165, 1.54) is 4.88 Å². The molecule has 1 aliphatic rings. The van der Waals surface area contributed by atoms with Gasteiger partial charge in [0.25, 0.3) is 0 Å². The number of benzene rings is 1. The molecule has 1 aliphatic carbocycles. The third-order valence-corrected chi connectivity index (χ3v) is 6.81. The number of thiophene rings is 1. The molecule has 1 fully saturated rings. The van der Waals surface area contributed by atoms with Crippen LogP contribution in [0, 0.1) is 0 Å². The standard InChI is InChI=1S/C17H21NO2S2/c19-22(20,14-11-15-5-2-1-3-6-15)18(16-8-9-16)12-10-17-7-4-13-21-17/h1-7,13,16H,8-12,14H2. The molecule has 2 aromatic rings. The molecule has 1 heterocycles. The summed E-state index contributed by atoms with van der Waals surface area (Å²) < 4.78 is 27.1. The van der Waals surface area contributed by atoms with Gasteiger partial charge < -0.3 is 0 Å². The molecule has 0 unspecified atom stereocenters. The number of hydrogen-bond donors (Lipinski definition) is 0. The van der Waals surface area contributed by atoms with Crippen LogP contribution >= 0.6 is 11.3 Å². The molecule has 3 nitrogen and oxygen atoms in total. The molecule has 0 aliphatic heterocycles. The first kappa shape index (κ1) is 15.7. The molecular formula is C17H21NO2S2. The minimum Gasteiger partial charge on any atom is -0.212 e. The van der Waals surface area contributed by atoms with Gasteiger partial charge in [0.15, 0.2) is 0 Å². The molecule has 0 spiro atoms. The van der Waals surface area contributed by atoms with Gasteiger partial charge >= 0.3 is 0 Å². The summed E-state index contributed by atoms with van der Waals surface area (Å²) in [4.78, 5) is 1.25. The maximum absolute atomic E-state index is 12.7. The molecule has 1 aromatic heterocycles. The summed E-state index contributed by atoms with van der Waals surface area (Å²) in [7, 11) is -3.17. The van der Waals surface area contributed by atoms with Gasteiger partial charge in [-0.05, 0) is 42.7 Å². The lowest BCUT2D eigenvalue weighted by molar-refractivity contribution is 0.408. The van der Waals surface area contributed by atoms with Crippen LogP contribution in [0.1, 0.15) is 23.3 Å². The van der Waals surface area contributed by atoms with Crippen molar-refractivity contribution in [1.29, 1.82) is 0 Å². The van der Waals surface area contributed by atoms with E-state index in [0.717, 1.165) is 24.8 Å². The minimum absolute atomic E-state index is 0.206. The highest BCUT2D eigenvalue weighted by atomic mass is 32.2. The molecule has 22 heavy (non-hydrogen) atoms. The molecule has 0 radical (unpaired) electrons. The number of rotatable bonds is 8. The van der Waals surface area contributed by atoms with Crippen molar-refractivity contribution in [1.82, 2.24) is 4.31 Å². The maximum atomic E-state index is 12.7. The Kier molecular flexibility index (Phi) is 4.96. The Morgan fingerprint density at radius 1 is 1.05 bits per heavy atom.